The topological polar surface area (TPSA) is 89.9 Å². The molecule has 2 atom stereocenters. The van der Waals surface area contributed by atoms with Gasteiger partial charge in [-0.1, -0.05) is 32.9 Å². The molecule has 2 aliphatic heterocycles. The van der Waals surface area contributed by atoms with E-state index >= 15 is 0 Å². The fourth-order valence-corrected chi connectivity index (χ4v) is 4.59. The lowest BCUT2D eigenvalue weighted by molar-refractivity contribution is -0.131. The SMILES string of the molecule is CC(C)(C)[C@]1(c2ccc(O)cc2)CC[C@@]2(CCNC2=O)N1C(=O)O. The van der Waals surface area contributed by atoms with Gasteiger partial charge in [-0.2, -0.15) is 0 Å². The third-order valence-electron chi connectivity index (χ3n) is 5.73. The Morgan fingerprint density at radius 2 is 1.79 bits per heavy atom. The molecule has 2 fully saturated rings. The van der Waals surface area contributed by atoms with Gasteiger partial charge in [-0.25, -0.2) is 4.79 Å². The molecule has 0 radical (unpaired) electrons. The zero-order chi connectivity index (χ0) is 17.8. The van der Waals surface area contributed by atoms with Gasteiger partial charge in [0.05, 0.1) is 5.54 Å². The summed E-state index contributed by atoms with van der Waals surface area (Å²) in [5, 5.41) is 22.5. The summed E-state index contributed by atoms with van der Waals surface area (Å²) in [6, 6.07) is 6.68. The molecule has 2 amide bonds. The minimum Gasteiger partial charge on any atom is -0.508 e. The first-order chi connectivity index (χ1) is 11.1. The molecule has 3 N–H and O–H groups in total. The maximum Gasteiger partial charge on any atom is 0.408 e. The second kappa shape index (κ2) is 5.13. The molecule has 0 saturated carbocycles. The average molecular weight is 332 g/mol. The van der Waals surface area contributed by atoms with Gasteiger partial charge in [0.1, 0.15) is 11.3 Å². The predicted molar refractivity (Wildman–Crippen MR) is 88.7 cm³/mol. The Balaban J connectivity index is 2.24. The standard InChI is InChI=1S/C18H24N2O4/c1-16(2,3)18(12-4-6-13(21)7-5-12)9-8-17(20(18)15(23)24)10-11-19-14(17)22/h4-7,21H,8-11H2,1-3H3,(H,19,22)(H,23,24)/t17-,18+/m0/s1. The quantitative estimate of drug-likeness (QED) is 0.737. The molecule has 6 nitrogen and oxygen atoms in total. The van der Waals surface area contributed by atoms with E-state index in [2.05, 4.69) is 5.32 Å². The molecule has 2 heterocycles. The van der Waals surface area contributed by atoms with Gasteiger partial charge in [-0.3, -0.25) is 9.69 Å². The van der Waals surface area contributed by atoms with Crippen LogP contribution < -0.4 is 5.32 Å². The van der Waals surface area contributed by atoms with E-state index < -0.39 is 22.6 Å². The summed E-state index contributed by atoms with van der Waals surface area (Å²) in [5.74, 6) is -0.0641. The summed E-state index contributed by atoms with van der Waals surface area (Å²) in [5.41, 5.74) is -1.44. The van der Waals surface area contributed by atoms with Crippen LogP contribution in [0.2, 0.25) is 0 Å². The van der Waals surface area contributed by atoms with Gasteiger partial charge in [0.2, 0.25) is 5.91 Å². The molecule has 2 aliphatic rings. The van der Waals surface area contributed by atoms with Crippen molar-refractivity contribution in [2.45, 2.75) is 51.1 Å². The number of carbonyl (C=O) groups is 2. The Labute approximate surface area is 141 Å². The van der Waals surface area contributed by atoms with Crippen LogP contribution in [0, 0.1) is 5.41 Å². The maximum absolute atomic E-state index is 12.6. The van der Waals surface area contributed by atoms with Crippen LogP contribution in [0.5, 0.6) is 5.75 Å². The van der Waals surface area contributed by atoms with Crippen molar-refractivity contribution in [2.75, 3.05) is 6.54 Å². The van der Waals surface area contributed by atoms with E-state index in [4.69, 9.17) is 0 Å². The number of phenols is 1. The summed E-state index contributed by atoms with van der Waals surface area (Å²) in [4.78, 5) is 26.3. The van der Waals surface area contributed by atoms with Gasteiger partial charge < -0.3 is 15.5 Å². The van der Waals surface area contributed by atoms with E-state index in [9.17, 15) is 19.8 Å². The Morgan fingerprint density at radius 1 is 1.17 bits per heavy atom. The molecule has 1 spiro atoms. The number of likely N-dealkylation sites (tertiary alicyclic amines) is 1. The van der Waals surface area contributed by atoms with Crippen molar-refractivity contribution in [3.8, 4) is 5.75 Å². The highest BCUT2D eigenvalue weighted by Gasteiger charge is 2.66. The number of hydrogen-bond donors (Lipinski definition) is 3. The molecular weight excluding hydrogens is 308 g/mol. The normalized spacial score (nSPS) is 30.0. The summed E-state index contributed by atoms with van der Waals surface area (Å²) >= 11 is 0. The van der Waals surface area contributed by atoms with E-state index in [0.29, 0.717) is 25.8 Å². The number of rotatable bonds is 1. The summed E-state index contributed by atoms with van der Waals surface area (Å²) < 4.78 is 0. The second-order valence-electron chi connectivity index (χ2n) is 7.81. The Morgan fingerprint density at radius 3 is 2.25 bits per heavy atom. The summed E-state index contributed by atoms with van der Waals surface area (Å²) in [6.07, 6.45) is 0.491. The number of carbonyl (C=O) groups excluding carboxylic acids is 1. The lowest BCUT2D eigenvalue weighted by Gasteiger charge is -2.50. The van der Waals surface area contributed by atoms with Crippen LogP contribution in [0.3, 0.4) is 0 Å². The number of nitrogens with zero attached hydrogens (tertiary/aromatic N) is 1. The van der Waals surface area contributed by atoms with Crippen LogP contribution in [0.15, 0.2) is 24.3 Å². The van der Waals surface area contributed by atoms with Crippen molar-refractivity contribution < 1.29 is 19.8 Å². The minimum atomic E-state index is -1.08. The molecule has 0 aliphatic carbocycles. The maximum atomic E-state index is 12.6. The first kappa shape index (κ1) is 16.6. The monoisotopic (exact) mass is 332 g/mol. The number of aromatic hydroxyl groups is 1. The van der Waals surface area contributed by atoms with E-state index in [0.717, 1.165) is 5.56 Å². The van der Waals surface area contributed by atoms with Gasteiger partial charge in [0.25, 0.3) is 0 Å². The zero-order valence-electron chi connectivity index (χ0n) is 14.3. The Hall–Kier alpha value is -2.24. The molecule has 3 rings (SSSR count). The van der Waals surface area contributed by atoms with Crippen LogP contribution in [-0.2, 0) is 10.3 Å². The van der Waals surface area contributed by atoms with Crippen LogP contribution in [-0.4, -0.2) is 39.2 Å². The van der Waals surface area contributed by atoms with Crippen molar-refractivity contribution in [2.24, 2.45) is 5.41 Å². The first-order valence-electron chi connectivity index (χ1n) is 8.26. The highest BCUT2D eigenvalue weighted by Crippen LogP contribution is 2.58. The number of hydrogen-bond acceptors (Lipinski definition) is 3. The van der Waals surface area contributed by atoms with Crippen LogP contribution in [0.25, 0.3) is 0 Å². The number of benzene rings is 1. The van der Waals surface area contributed by atoms with Crippen molar-refractivity contribution >= 4 is 12.0 Å². The molecule has 6 heteroatoms. The van der Waals surface area contributed by atoms with Crippen molar-refractivity contribution in [3.05, 3.63) is 29.8 Å². The smallest absolute Gasteiger partial charge is 0.408 e. The Bertz CT molecular complexity index is 679. The minimum absolute atomic E-state index is 0.135. The summed E-state index contributed by atoms with van der Waals surface area (Å²) in [7, 11) is 0. The molecule has 130 valence electrons. The third kappa shape index (κ3) is 2.01. The predicted octanol–water partition coefficient (Wildman–Crippen LogP) is 2.67. The molecule has 0 unspecified atom stereocenters. The fourth-order valence-electron chi connectivity index (χ4n) is 4.59. The highest BCUT2D eigenvalue weighted by atomic mass is 16.4. The van der Waals surface area contributed by atoms with E-state index in [-0.39, 0.29) is 11.7 Å². The molecular formula is C18H24N2O4. The lowest BCUT2D eigenvalue weighted by Crippen LogP contribution is -2.62. The second-order valence-corrected chi connectivity index (χ2v) is 7.81. The lowest BCUT2D eigenvalue weighted by atomic mass is 9.67. The number of phenolic OH excluding ortho intramolecular Hbond substituents is 1. The third-order valence-corrected chi connectivity index (χ3v) is 5.73. The van der Waals surface area contributed by atoms with Gasteiger partial charge in [-0.05, 0) is 42.4 Å². The molecule has 0 aromatic heterocycles. The van der Waals surface area contributed by atoms with E-state index in [1.165, 1.54) is 4.90 Å². The number of carboxylic acid groups (broad SMARTS) is 1. The van der Waals surface area contributed by atoms with Crippen molar-refractivity contribution in [3.63, 3.8) is 0 Å². The zero-order valence-corrected chi connectivity index (χ0v) is 14.3. The van der Waals surface area contributed by atoms with Crippen LogP contribution >= 0.6 is 0 Å². The van der Waals surface area contributed by atoms with E-state index in [1.54, 1.807) is 24.3 Å². The van der Waals surface area contributed by atoms with Gasteiger partial charge in [-0.15, -0.1) is 0 Å². The van der Waals surface area contributed by atoms with Crippen molar-refractivity contribution in [1.29, 1.82) is 0 Å². The summed E-state index contributed by atoms with van der Waals surface area (Å²) in [6.45, 7) is 6.50. The first-order valence-corrected chi connectivity index (χ1v) is 8.26. The molecule has 1 aromatic rings. The molecule has 1 aromatic carbocycles. The van der Waals surface area contributed by atoms with Crippen LogP contribution in [0.4, 0.5) is 4.79 Å². The average Bonchev–Trinajstić information content (AvgIpc) is 3.02. The molecule has 24 heavy (non-hydrogen) atoms. The van der Waals surface area contributed by atoms with Crippen LogP contribution in [0.1, 0.15) is 45.6 Å². The molecule has 0 bridgehead atoms. The number of nitrogens with one attached hydrogen (secondary N) is 1. The highest BCUT2D eigenvalue weighted by molar-refractivity contribution is 5.92. The Kier molecular flexibility index (Phi) is 3.55. The van der Waals surface area contributed by atoms with Crippen molar-refractivity contribution in [1.82, 2.24) is 10.2 Å². The number of amides is 2. The largest absolute Gasteiger partial charge is 0.508 e. The fraction of sp³-hybridized carbons (Fsp3) is 0.556. The van der Waals surface area contributed by atoms with Gasteiger partial charge >= 0.3 is 6.09 Å². The van der Waals surface area contributed by atoms with E-state index in [1.807, 2.05) is 20.8 Å². The van der Waals surface area contributed by atoms with Gasteiger partial charge in [0, 0.05) is 6.54 Å². The molecule has 2 saturated heterocycles. The van der Waals surface area contributed by atoms with Gasteiger partial charge in [0.15, 0.2) is 0 Å².